The lowest BCUT2D eigenvalue weighted by Crippen LogP contribution is -2.32. The monoisotopic (exact) mass is 373 g/mol. The lowest BCUT2D eigenvalue weighted by molar-refractivity contribution is 0.0835. The highest BCUT2D eigenvalue weighted by Crippen LogP contribution is 2.29. The quantitative estimate of drug-likeness (QED) is 0.674. The number of carbonyl (C=O) groups excluding carboxylic acids is 2. The Labute approximate surface area is 158 Å². The normalized spacial score (nSPS) is 10.2. The van der Waals surface area contributed by atoms with Crippen LogP contribution in [0.15, 0.2) is 48.7 Å². The summed E-state index contributed by atoms with van der Waals surface area (Å²) < 4.78 is 10.2. The number of pyridine rings is 1. The van der Waals surface area contributed by atoms with Crippen molar-refractivity contribution in [1.82, 2.24) is 4.98 Å². The molecule has 0 saturated carbocycles. The second-order valence-corrected chi connectivity index (χ2v) is 5.15. The van der Waals surface area contributed by atoms with Crippen LogP contribution in [0.2, 0.25) is 0 Å². The van der Waals surface area contributed by atoms with Gasteiger partial charge < -0.3 is 9.47 Å². The molecule has 27 heavy (non-hydrogen) atoms. The molecule has 2 aromatic rings. The minimum absolute atomic E-state index is 0.213. The number of ether oxygens (including phenoxy) is 2. The van der Waals surface area contributed by atoms with Crippen LogP contribution >= 0.6 is 0 Å². The maximum absolute atomic E-state index is 12.5. The molecular formula is C19H23N3O5. The van der Waals surface area contributed by atoms with Crippen molar-refractivity contribution >= 4 is 29.4 Å². The molecule has 0 atom stereocenters. The average molecular weight is 373 g/mol. The first-order chi connectivity index (χ1) is 13.1. The second-order valence-electron chi connectivity index (χ2n) is 5.15. The topological polar surface area (TPSA) is 81.2 Å². The molecule has 8 nitrogen and oxygen atoms in total. The van der Waals surface area contributed by atoms with Gasteiger partial charge in [0.05, 0.1) is 31.2 Å². The van der Waals surface area contributed by atoms with Gasteiger partial charge in [-0.1, -0.05) is 12.1 Å². The van der Waals surface area contributed by atoms with E-state index >= 15 is 0 Å². The number of nitrogens with zero attached hydrogens (tertiary/aromatic N) is 3. The maximum atomic E-state index is 12.5. The minimum Gasteiger partial charge on any atom is -0.449 e. The summed E-state index contributed by atoms with van der Waals surface area (Å²) in [5, 5.41) is 1.05. The van der Waals surface area contributed by atoms with E-state index in [-0.39, 0.29) is 19.8 Å². The van der Waals surface area contributed by atoms with Gasteiger partial charge in [0.2, 0.25) is 0 Å². The van der Waals surface area contributed by atoms with Gasteiger partial charge in [0.15, 0.2) is 0 Å². The lowest BCUT2D eigenvalue weighted by atomic mass is 10.2. The van der Waals surface area contributed by atoms with E-state index in [4.69, 9.17) is 14.3 Å². The number of aromatic nitrogens is 1. The fourth-order valence-electron chi connectivity index (χ4n) is 2.31. The second kappa shape index (κ2) is 10.1. The molecular weight excluding hydrogens is 350 g/mol. The van der Waals surface area contributed by atoms with Crippen LogP contribution in [-0.4, -0.2) is 37.0 Å². The van der Waals surface area contributed by atoms with E-state index in [0.29, 0.717) is 17.2 Å². The maximum Gasteiger partial charge on any atom is 0.438 e. The summed E-state index contributed by atoms with van der Waals surface area (Å²) in [5.74, 6) is 0.396. The van der Waals surface area contributed by atoms with Gasteiger partial charge in [0.25, 0.3) is 0 Å². The van der Waals surface area contributed by atoms with Gasteiger partial charge in [-0.05, 0) is 51.1 Å². The van der Waals surface area contributed by atoms with Crippen LogP contribution in [0, 0.1) is 0 Å². The Morgan fingerprint density at radius 2 is 1.59 bits per heavy atom. The molecule has 0 aliphatic heterocycles. The molecule has 0 spiro atoms. The number of hydrogen-bond donors (Lipinski definition) is 0. The lowest BCUT2D eigenvalue weighted by Gasteiger charge is -2.24. The van der Waals surface area contributed by atoms with Gasteiger partial charge in [-0.15, -0.1) is 0 Å². The fourth-order valence-corrected chi connectivity index (χ4v) is 2.31. The Balaban J connectivity index is 2.44. The molecule has 0 bridgehead atoms. The molecule has 144 valence electrons. The van der Waals surface area contributed by atoms with Gasteiger partial charge in [-0.2, -0.15) is 5.06 Å². The Hall–Kier alpha value is -3.13. The van der Waals surface area contributed by atoms with Crippen LogP contribution in [0.4, 0.5) is 26.8 Å². The van der Waals surface area contributed by atoms with E-state index in [9.17, 15) is 9.59 Å². The zero-order chi connectivity index (χ0) is 19.6. The smallest absolute Gasteiger partial charge is 0.438 e. The number of anilines is 3. The summed E-state index contributed by atoms with van der Waals surface area (Å²) >= 11 is 0. The van der Waals surface area contributed by atoms with Crippen LogP contribution < -0.4 is 9.96 Å². The van der Waals surface area contributed by atoms with E-state index < -0.39 is 12.2 Å². The first kappa shape index (κ1) is 20.2. The van der Waals surface area contributed by atoms with Crippen molar-refractivity contribution in [2.24, 2.45) is 0 Å². The molecule has 0 saturated heterocycles. The summed E-state index contributed by atoms with van der Waals surface area (Å²) in [6, 6.07) is 11.9. The molecule has 8 heteroatoms. The van der Waals surface area contributed by atoms with Gasteiger partial charge >= 0.3 is 12.2 Å². The molecule has 0 fully saturated rings. The zero-order valence-corrected chi connectivity index (χ0v) is 15.6. The summed E-state index contributed by atoms with van der Waals surface area (Å²) in [6.45, 7) is 5.89. The summed E-state index contributed by atoms with van der Waals surface area (Å²) in [4.78, 5) is 35.6. The SMILES string of the molecule is CCOC(=O)N(OCC)c1cccc(N(C(=O)OCC)c2ccccn2)c1. The summed E-state index contributed by atoms with van der Waals surface area (Å²) in [5.41, 5.74) is 0.886. The Morgan fingerprint density at radius 3 is 2.22 bits per heavy atom. The van der Waals surface area contributed by atoms with Crippen LogP contribution in [0.5, 0.6) is 0 Å². The van der Waals surface area contributed by atoms with Gasteiger partial charge in [-0.25, -0.2) is 19.5 Å². The fraction of sp³-hybridized carbons (Fsp3) is 0.316. The van der Waals surface area contributed by atoms with Gasteiger partial charge in [-0.3, -0.25) is 4.84 Å². The van der Waals surface area contributed by atoms with Crippen molar-refractivity contribution < 1.29 is 23.9 Å². The van der Waals surface area contributed by atoms with Crippen LogP contribution in [0.1, 0.15) is 20.8 Å². The minimum atomic E-state index is -0.642. The van der Waals surface area contributed by atoms with E-state index in [1.54, 1.807) is 69.4 Å². The molecule has 1 aromatic heterocycles. The third-order valence-corrected chi connectivity index (χ3v) is 3.34. The van der Waals surface area contributed by atoms with Crippen LogP contribution in [0.3, 0.4) is 0 Å². The predicted molar refractivity (Wildman–Crippen MR) is 101 cm³/mol. The standard InChI is InChI=1S/C19H23N3O5/c1-4-25-18(23)21(17-12-7-8-13-20-17)15-10-9-11-16(14-15)22(27-6-3)19(24)26-5-2/h7-14H,4-6H2,1-3H3. The zero-order valence-electron chi connectivity index (χ0n) is 15.6. The molecule has 0 aliphatic rings. The van der Waals surface area contributed by atoms with Crippen molar-refractivity contribution in [2.45, 2.75) is 20.8 Å². The van der Waals surface area contributed by atoms with Crippen LogP contribution in [0.25, 0.3) is 0 Å². The molecule has 2 rings (SSSR count). The molecule has 1 aromatic carbocycles. The average Bonchev–Trinajstić information content (AvgIpc) is 2.68. The predicted octanol–water partition coefficient (Wildman–Crippen LogP) is 4.29. The van der Waals surface area contributed by atoms with E-state index in [0.717, 1.165) is 5.06 Å². The number of hydrogen-bond acceptors (Lipinski definition) is 6. The molecule has 0 radical (unpaired) electrons. The van der Waals surface area contributed by atoms with Gasteiger partial charge in [0, 0.05) is 6.20 Å². The number of amides is 2. The van der Waals surface area contributed by atoms with Crippen molar-refractivity contribution in [3.05, 3.63) is 48.7 Å². The van der Waals surface area contributed by atoms with E-state index in [1.807, 2.05) is 0 Å². The van der Waals surface area contributed by atoms with Crippen molar-refractivity contribution in [3.63, 3.8) is 0 Å². The third-order valence-electron chi connectivity index (χ3n) is 3.34. The highest BCUT2D eigenvalue weighted by atomic mass is 16.7. The molecule has 0 N–H and O–H groups in total. The highest BCUT2D eigenvalue weighted by molar-refractivity contribution is 5.96. The van der Waals surface area contributed by atoms with Crippen molar-refractivity contribution in [3.8, 4) is 0 Å². The number of benzene rings is 1. The molecule has 0 aliphatic carbocycles. The summed E-state index contributed by atoms with van der Waals surface area (Å²) in [6.07, 6.45) is 0.362. The first-order valence-corrected chi connectivity index (χ1v) is 8.70. The largest absolute Gasteiger partial charge is 0.449 e. The third kappa shape index (κ3) is 5.18. The summed E-state index contributed by atoms with van der Waals surface area (Å²) in [7, 11) is 0. The highest BCUT2D eigenvalue weighted by Gasteiger charge is 2.23. The molecule has 2 amide bonds. The van der Waals surface area contributed by atoms with Crippen molar-refractivity contribution in [1.29, 1.82) is 0 Å². The van der Waals surface area contributed by atoms with Crippen molar-refractivity contribution in [2.75, 3.05) is 29.8 Å². The van der Waals surface area contributed by atoms with Gasteiger partial charge in [0.1, 0.15) is 5.82 Å². The number of hydroxylamine groups is 1. The Bertz CT molecular complexity index is 754. The Morgan fingerprint density at radius 1 is 0.889 bits per heavy atom. The number of carbonyl (C=O) groups is 2. The van der Waals surface area contributed by atoms with E-state index in [1.165, 1.54) is 4.90 Å². The van der Waals surface area contributed by atoms with Crippen LogP contribution in [-0.2, 0) is 14.3 Å². The first-order valence-electron chi connectivity index (χ1n) is 8.70. The molecule has 0 unspecified atom stereocenters. The Kier molecular flexibility index (Phi) is 7.57. The van der Waals surface area contributed by atoms with E-state index in [2.05, 4.69) is 4.98 Å². The molecule has 1 heterocycles. The number of rotatable bonds is 7.